The lowest BCUT2D eigenvalue weighted by atomic mass is 10.1. The Morgan fingerprint density at radius 3 is 2.43 bits per heavy atom. The summed E-state index contributed by atoms with van der Waals surface area (Å²) in [6.07, 6.45) is 0.955. The Morgan fingerprint density at radius 1 is 1.29 bits per heavy atom. The average molecular weight is 204 g/mol. The van der Waals surface area contributed by atoms with Gasteiger partial charge in [-0.1, -0.05) is 6.92 Å². The number of hydrogen-bond donors (Lipinski definition) is 0. The van der Waals surface area contributed by atoms with Gasteiger partial charge in [0.25, 0.3) is 0 Å². The number of carbonyl (C=O) groups is 1. The molecule has 4 nitrogen and oxygen atoms in total. The van der Waals surface area contributed by atoms with Crippen LogP contribution in [0.4, 0.5) is 0 Å². The van der Waals surface area contributed by atoms with Crippen LogP contribution in [0.1, 0.15) is 34.1 Å². The minimum atomic E-state index is -0.334. The van der Waals surface area contributed by atoms with Crippen molar-refractivity contribution in [1.29, 1.82) is 0 Å². The van der Waals surface area contributed by atoms with Gasteiger partial charge < -0.3 is 14.2 Å². The largest absolute Gasteiger partial charge is 0.439 e. The zero-order valence-electron chi connectivity index (χ0n) is 9.46. The molecule has 4 heteroatoms. The van der Waals surface area contributed by atoms with E-state index in [1.807, 2.05) is 13.8 Å². The molecule has 0 spiro atoms. The average Bonchev–Trinajstić information content (AvgIpc) is 2.10. The van der Waals surface area contributed by atoms with Gasteiger partial charge in [0.1, 0.15) is 0 Å². The van der Waals surface area contributed by atoms with Crippen molar-refractivity contribution in [2.75, 3.05) is 20.0 Å². The van der Waals surface area contributed by atoms with Gasteiger partial charge in [0.2, 0.25) is 0 Å². The molecule has 0 saturated heterocycles. The van der Waals surface area contributed by atoms with Crippen LogP contribution in [0.25, 0.3) is 0 Å². The summed E-state index contributed by atoms with van der Waals surface area (Å²) in [5.74, 6) is -0.334. The van der Waals surface area contributed by atoms with Crippen molar-refractivity contribution in [1.82, 2.24) is 0 Å². The molecule has 0 aromatic carbocycles. The maximum Gasteiger partial charge on any atom is 0.304 e. The molecule has 0 saturated carbocycles. The molecule has 0 aliphatic rings. The number of rotatable bonds is 7. The smallest absolute Gasteiger partial charge is 0.304 e. The summed E-state index contributed by atoms with van der Waals surface area (Å²) >= 11 is 0. The summed E-state index contributed by atoms with van der Waals surface area (Å²) < 4.78 is 15.1. The second-order valence-corrected chi connectivity index (χ2v) is 3.62. The lowest BCUT2D eigenvalue weighted by Crippen LogP contribution is -2.25. The maximum atomic E-state index is 10.3. The molecule has 0 aromatic rings. The van der Waals surface area contributed by atoms with Crippen LogP contribution in [0.15, 0.2) is 0 Å². The van der Waals surface area contributed by atoms with E-state index in [0.717, 1.165) is 6.42 Å². The summed E-state index contributed by atoms with van der Waals surface area (Å²) in [5, 5.41) is 0. The van der Waals surface area contributed by atoms with Crippen molar-refractivity contribution in [3.63, 3.8) is 0 Å². The number of ether oxygens (including phenoxy) is 3. The Balaban J connectivity index is 3.25. The van der Waals surface area contributed by atoms with E-state index in [2.05, 4.69) is 11.7 Å². The standard InChI is InChI=1S/C10H20O4/c1-5-10(3,4)14-7-6-12-8-13-9(2)11/h5-8H2,1-4H3. The fourth-order valence-corrected chi connectivity index (χ4v) is 0.663. The fourth-order valence-electron chi connectivity index (χ4n) is 0.663. The highest BCUT2D eigenvalue weighted by Crippen LogP contribution is 2.12. The van der Waals surface area contributed by atoms with Gasteiger partial charge in [-0.05, 0) is 20.3 Å². The first-order chi connectivity index (χ1) is 6.48. The first kappa shape index (κ1) is 13.4. The third kappa shape index (κ3) is 8.01. The van der Waals surface area contributed by atoms with E-state index < -0.39 is 0 Å². The summed E-state index contributed by atoms with van der Waals surface area (Å²) in [6, 6.07) is 0. The first-order valence-corrected chi connectivity index (χ1v) is 4.83. The summed E-state index contributed by atoms with van der Waals surface area (Å²) in [5.41, 5.74) is -0.106. The predicted molar refractivity (Wildman–Crippen MR) is 52.9 cm³/mol. The van der Waals surface area contributed by atoms with Gasteiger partial charge in [0, 0.05) is 6.92 Å². The Bertz CT molecular complexity index is 166. The minimum absolute atomic E-state index is 0.00521. The minimum Gasteiger partial charge on any atom is -0.439 e. The van der Waals surface area contributed by atoms with E-state index in [4.69, 9.17) is 9.47 Å². The molecule has 0 aromatic heterocycles. The van der Waals surface area contributed by atoms with Crippen molar-refractivity contribution >= 4 is 5.97 Å². The van der Waals surface area contributed by atoms with E-state index in [9.17, 15) is 4.79 Å². The van der Waals surface area contributed by atoms with Gasteiger partial charge in [-0.15, -0.1) is 0 Å². The van der Waals surface area contributed by atoms with Crippen LogP contribution in [-0.4, -0.2) is 31.6 Å². The van der Waals surface area contributed by atoms with Crippen LogP contribution in [0.2, 0.25) is 0 Å². The van der Waals surface area contributed by atoms with Crippen LogP contribution in [0, 0.1) is 0 Å². The predicted octanol–water partition coefficient (Wildman–Crippen LogP) is 1.73. The Labute approximate surface area is 85.5 Å². The second-order valence-electron chi connectivity index (χ2n) is 3.62. The molecule has 14 heavy (non-hydrogen) atoms. The van der Waals surface area contributed by atoms with Crippen molar-refractivity contribution in [3.8, 4) is 0 Å². The summed E-state index contributed by atoms with van der Waals surface area (Å²) in [7, 11) is 0. The van der Waals surface area contributed by atoms with E-state index in [1.165, 1.54) is 6.92 Å². The van der Waals surface area contributed by atoms with Crippen molar-refractivity contribution in [3.05, 3.63) is 0 Å². The van der Waals surface area contributed by atoms with Crippen molar-refractivity contribution < 1.29 is 19.0 Å². The lowest BCUT2D eigenvalue weighted by molar-refractivity contribution is -0.156. The number of carbonyl (C=O) groups excluding carboxylic acids is 1. The monoisotopic (exact) mass is 204 g/mol. The quantitative estimate of drug-likeness (QED) is 0.360. The molecule has 0 fully saturated rings. The Hall–Kier alpha value is -0.610. The number of hydrogen-bond acceptors (Lipinski definition) is 4. The highest BCUT2D eigenvalue weighted by atomic mass is 16.7. The topological polar surface area (TPSA) is 44.8 Å². The second kappa shape index (κ2) is 6.79. The van der Waals surface area contributed by atoms with Gasteiger partial charge >= 0.3 is 5.97 Å². The molecule has 0 rings (SSSR count). The molecular weight excluding hydrogens is 184 g/mol. The Kier molecular flexibility index (Phi) is 6.49. The highest BCUT2D eigenvalue weighted by molar-refractivity contribution is 5.65. The summed E-state index contributed by atoms with van der Waals surface area (Å²) in [4.78, 5) is 10.3. The molecule has 0 aliphatic heterocycles. The van der Waals surface area contributed by atoms with Gasteiger partial charge in [-0.3, -0.25) is 4.79 Å². The van der Waals surface area contributed by atoms with Crippen molar-refractivity contribution in [2.24, 2.45) is 0 Å². The van der Waals surface area contributed by atoms with E-state index in [0.29, 0.717) is 13.2 Å². The third-order valence-electron chi connectivity index (χ3n) is 1.92. The van der Waals surface area contributed by atoms with E-state index in [-0.39, 0.29) is 18.4 Å². The van der Waals surface area contributed by atoms with Crippen LogP contribution >= 0.6 is 0 Å². The number of esters is 1. The molecule has 0 bridgehead atoms. The zero-order valence-corrected chi connectivity index (χ0v) is 9.46. The van der Waals surface area contributed by atoms with Gasteiger partial charge in [-0.2, -0.15) is 0 Å². The highest BCUT2D eigenvalue weighted by Gasteiger charge is 2.14. The van der Waals surface area contributed by atoms with E-state index >= 15 is 0 Å². The van der Waals surface area contributed by atoms with Crippen LogP contribution in [0.3, 0.4) is 0 Å². The van der Waals surface area contributed by atoms with Crippen LogP contribution in [-0.2, 0) is 19.0 Å². The van der Waals surface area contributed by atoms with Crippen LogP contribution in [0.5, 0.6) is 0 Å². The molecule has 0 unspecified atom stereocenters. The Morgan fingerprint density at radius 2 is 1.93 bits per heavy atom. The molecular formula is C10H20O4. The lowest BCUT2D eigenvalue weighted by Gasteiger charge is -2.23. The summed E-state index contributed by atoms with van der Waals surface area (Å²) in [6.45, 7) is 8.43. The van der Waals surface area contributed by atoms with Gasteiger partial charge in [0.15, 0.2) is 6.79 Å². The molecule has 0 heterocycles. The first-order valence-electron chi connectivity index (χ1n) is 4.83. The van der Waals surface area contributed by atoms with Crippen LogP contribution < -0.4 is 0 Å². The van der Waals surface area contributed by atoms with Gasteiger partial charge in [-0.25, -0.2) is 0 Å². The molecule has 84 valence electrons. The molecule has 0 amide bonds. The fraction of sp³-hybridized carbons (Fsp3) is 0.900. The SMILES string of the molecule is CCC(C)(C)OCCOCOC(C)=O. The van der Waals surface area contributed by atoms with E-state index in [1.54, 1.807) is 0 Å². The third-order valence-corrected chi connectivity index (χ3v) is 1.92. The molecule has 0 atom stereocenters. The van der Waals surface area contributed by atoms with Gasteiger partial charge in [0.05, 0.1) is 18.8 Å². The molecule has 0 N–H and O–H groups in total. The molecule has 0 aliphatic carbocycles. The van der Waals surface area contributed by atoms with Crippen molar-refractivity contribution in [2.45, 2.75) is 39.7 Å². The maximum absolute atomic E-state index is 10.3. The zero-order chi connectivity index (χ0) is 11.0. The molecule has 0 radical (unpaired) electrons. The normalized spacial score (nSPS) is 11.4.